The summed E-state index contributed by atoms with van der Waals surface area (Å²) >= 11 is 0. The van der Waals surface area contributed by atoms with Crippen LogP contribution in [0.5, 0.6) is 0 Å². The first-order chi connectivity index (χ1) is 8.67. The lowest BCUT2D eigenvalue weighted by atomic mass is 10.0. The maximum atomic E-state index is 11.5. The summed E-state index contributed by atoms with van der Waals surface area (Å²) in [6.45, 7) is 3.82. The molecule has 0 atom stereocenters. The van der Waals surface area contributed by atoms with Gasteiger partial charge in [-0.15, -0.1) is 0 Å². The lowest BCUT2D eigenvalue weighted by Gasteiger charge is -2.14. The molecule has 0 aliphatic rings. The summed E-state index contributed by atoms with van der Waals surface area (Å²) in [5.41, 5.74) is 1.07. The van der Waals surface area contributed by atoms with Crippen molar-refractivity contribution in [2.75, 3.05) is 13.2 Å². The summed E-state index contributed by atoms with van der Waals surface area (Å²) < 4.78 is 1.66. The maximum Gasteiger partial charge on any atom is 0.278 e. The van der Waals surface area contributed by atoms with Gasteiger partial charge < -0.3 is 19.8 Å². The van der Waals surface area contributed by atoms with E-state index in [2.05, 4.69) is 21.5 Å². The highest BCUT2D eigenvalue weighted by Crippen LogP contribution is 2.13. The number of rotatable bonds is 5. The van der Waals surface area contributed by atoms with Crippen molar-refractivity contribution >= 4 is 11.2 Å². The van der Waals surface area contributed by atoms with Crippen molar-refractivity contribution in [3.8, 4) is 0 Å². The average Bonchev–Trinajstić information content (AvgIpc) is 2.76. The number of aliphatic hydroxyl groups is 2. The van der Waals surface area contributed by atoms with E-state index in [1.807, 2.05) is 0 Å². The predicted molar refractivity (Wildman–Crippen MR) is 65.0 cm³/mol. The Kier molecular flexibility index (Phi) is 3.54. The number of aliphatic hydroxyl groups excluding tert-OH is 2. The van der Waals surface area contributed by atoms with Crippen molar-refractivity contribution in [1.82, 2.24) is 19.5 Å². The van der Waals surface area contributed by atoms with Crippen LogP contribution in [0.2, 0.25) is 0 Å². The van der Waals surface area contributed by atoms with Gasteiger partial charge in [0.2, 0.25) is 0 Å². The number of aromatic nitrogens is 4. The molecule has 7 heteroatoms. The van der Waals surface area contributed by atoms with Crippen LogP contribution in [0, 0.1) is 5.92 Å². The summed E-state index contributed by atoms with van der Waals surface area (Å²) in [6.07, 6.45) is 2.80. The van der Waals surface area contributed by atoms with Gasteiger partial charge in [-0.1, -0.05) is 6.58 Å². The molecule has 2 rings (SSSR count). The fourth-order valence-electron chi connectivity index (χ4n) is 1.67. The zero-order valence-corrected chi connectivity index (χ0v) is 9.70. The fraction of sp³-hybridized carbons (Fsp3) is 0.364. The number of fused-ring (bicyclic) bond motifs is 1. The highest BCUT2D eigenvalue weighted by Gasteiger charge is 2.13. The van der Waals surface area contributed by atoms with Gasteiger partial charge in [0, 0.05) is 12.5 Å². The van der Waals surface area contributed by atoms with Gasteiger partial charge in [-0.05, 0) is 5.57 Å². The lowest BCUT2D eigenvalue weighted by Crippen LogP contribution is -2.17. The fourth-order valence-corrected chi connectivity index (χ4v) is 1.67. The second kappa shape index (κ2) is 5.11. The molecule has 0 aromatic carbocycles. The van der Waals surface area contributed by atoms with Gasteiger partial charge in [-0.2, -0.15) is 0 Å². The molecule has 2 aromatic rings. The summed E-state index contributed by atoms with van der Waals surface area (Å²) in [7, 11) is 0. The molecule has 0 fully saturated rings. The smallest absolute Gasteiger partial charge is 0.278 e. The number of H-pyrrole nitrogens is 1. The molecule has 7 nitrogen and oxygen atoms in total. The Labute approximate surface area is 102 Å². The third kappa shape index (κ3) is 2.18. The van der Waals surface area contributed by atoms with Crippen LogP contribution in [0.15, 0.2) is 29.6 Å². The first-order valence-electron chi connectivity index (χ1n) is 5.45. The van der Waals surface area contributed by atoms with Gasteiger partial charge in [0.15, 0.2) is 11.2 Å². The van der Waals surface area contributed by atoms with E-state index in [0.717, 1.165) is 0 Å². The van der Waals surface area contributed by atoms with E-state index in [-0.39, 0.29) is 30.2 Å². The predicted octanol–water partition coefficient (Wildman–Crippen LogP) is -0.723. The van der Waals surface area contributed by atoms with Gasteiger partial charge in [-0.3, -0.25) is 4.79 Å². The minimum Gasteiger partial charge on any atom is -0.396 e. The molecule has 0 radical (unpaired) electrons. The Balaban J connectivity index is 2.30. The SMILES string of the molecule is C=C(Cn1cnc2c(=O)[nH]cnc21)C(CO)CO. The number of nitrogens with one attached hydrogen (secondary N) is 1. The highest BCUT2D eigenvalue weighted by atomic mass is 16.3. The third-order valence-electron chi connectivity index (χ3n) is 2.80. The molecule has 0 saturated carbocycles. The number of hydrogen-bond acceptors (Lipinski definition) is 5. The molecule has 0 aliphatic carbocycles. The van der Waals surface area contributed by atoms with Crippen molar-refractivity contribution < 1.29 is 10.2 Å². The molecule has 0 bridgehead atoms. The monoisotopic (exact) mass is 250 g/mol. The van der Waals surface area contributed by atoms with Gasteiger partial charge in [0.05, 0.1) is 25.9 Å². The first-order valence-corrected chi connectivity index (χ1v) is 5.45. The van der Waals surface area contributed by atoms with Crippen LogP contribution in [0.4, 0.5) is 0 Å². The minimum absolute atomic E-state index is 0.171. The van der Waals surface area contributed by atoms with E-state index in [4.69, 9.17) is 10.2 Å². The number of nitrogens with zero attached hydrogens (tertiary/aromatic N) is 3. The Hall–Kier alpha value is -1.99. The van der Waals surface area contributed by atoms with E-state index in [0.29, 0.717) is 17.8 Å². The maximum absolute atomic E-state index is 11.5. The number of imidazole rings is 1. The van der Waals surface area contributed by atoms with E-state index in [1.165, 1.54) is 12.7 Å². The van der Waals surface area contributed by atoms with Gasteiger partial charge in [0.25, 0.3) is 5.56 Å². The van der Waals surface area contributed by atoms with Crippen molar-refractivity contribution in [3.05, 3.63) is 35.2 Å². The summed E-state index contributed by atoms with van der Waals surface area (Å²) in [4.78, 5) is 21.9. The van der Waals surface area contributed by atoms with Crippen LogP contribution in [-0.4, -0.2) is 42.9 Å². The summed E-state index contributed by atoms with van der Waals surface area (Å²) in [5.74, 6) is -0.385. The van der Waals surface area contributed by atoms with Crippen molar-refractivity contribution in [3.63, 3.8) is 0 Å². The van der Waals surface area contributed by atoms with Gasteiger partial charge in [-0.25, -0.2) is 9.97 Å². The lowest BCUT2D eigenvalue weighted by molar-refractivity contribution is 0.168. The molecule has 2 heterocycles. The third-order valence-corrected chi connectivity index (χ3v) is 2.80. The Bertz CT molecular complexity index is 612. The normalized spacial score (nSPS) is 11.3. The standard InChI is InChI=1S/C11H14N4O3/c1-7(8(3-16)4-17)2-15-6-14-9-10(15)12-5-13-11(9)18/h5-6,8,16-17H,1-4H2,(H,12,13,18). The number of aromatic amines is 1. The Morgan fingerprint density at radius 2 is 2.17 bits per heavy atom. The van der Waals surface area contributed by atoms with Crippen molar-refractivity contribution in [1.29, 1.82) is 0 Å². The minimum atomic E-state index is -0.385. The zero-order chi connectivity index (χ0) is 13.1. The Morgan fingerprint density at radius 3 is 2.83 bits per heavy atom. The molecule has 0 amide bonds. The summed E-state index contributed by atoms with van der Waals surface area (Å²) in [5, 5.41) is 18.1. The average molecular weight is 250 g/mol. The van der Waals surface area contributed by atoms with Crippen molar-refractivity contribution in [2.24, 2.45) is 5.92 Å². The van der Waals surface area contributed by atoms with Crippen LogP contribution in [-0.2, 0) is 6.54 Å². The highest BCUT2D eigenvalue weighted by molar-refractivity contribution is 5.68. The molecule has 0 saturated heterocycles. The van der Waals surface area contributed by atoms with E-state index in [1.54, 1.807) is 4.57 Å². The van der Waals surface area contributed by atoms with E-state index < -0.39 is 0 Å². The van der Waals surface area contributed by atoms with Crippen molar-refractivity contribution in [2.45, 2.75) is 6.54 Å². The van der Waals surface area contributed by atoms with Crippen LogP contribution in [0.1, 0.15) is 0 Å². The van der Waals surface area contributed by atoms with Crippen LogP contribution in [0.3, 0.4) is 0 Å². The van der Waals surface area contributed by atoms with Crippen LogP contribution in [0.25, 0.3) is 11.2 Å². The molecule has 0 aliphatic heterocycles. The zero-order valence-electron chi connectivity index (χ0n) is 9.70. The molecular formula is C11H14N4O3. The van der Waals surface area contributed by atoms with E-state index >= 15 is 0 Å². The second-order valence-electron chi connectivity index (χ2n) is 4.00. The molecule has 0 spiro atoms. The number of hydrogen-bond donors (Lipinski definition) is 3. The van der Waals surface area contributed by atoms with Gasteiger partial charge in [0.1, 0.15) is 0 Å². The molecular weight excluding hydrogens is 236 g/mol. The second-order valence-corrected chi connectivity index (χ2v) is 4.00. The molecule has 2 aromatic heterocycles. The quantitative estimate of drug-likeness (QED) is 0.607. The molecule has 0 unspecified atom stereocenters. The first kappa shape index (κ1) is 12.5. The van der Waals surface area contributed by atoms with Crippen LogP contribution < -0.4 is 5.56 Å². The van der Waals surface area contributed by atoms with E-state index in [9.17, 15) is 4.79 Å². The topological polar surface area (TPSA) is 104 Å². The summed E-state index contributed by atoms with van der Waals surface area (Å²) in [6, 6.07) is 0. The largest absolute Gasteiger partial charge is 0.396 e. The van der Waals surface area contributed by atoms with Gasteiger partial charge >= 0.3 is 0 Å². The molecule has 96 valence electrons. The molecule has 3 N–H and O–H groups in total. The molecule has 18 heavy (non-hydrogen) atoms. The van der Waals surface area contributed by atoms with Crippen LogP contribution >= 0.6 is 0 Å². The Morgan fingerprint density at radius 1 is 1.44 bits per heavy atom.